The van der Waals surface area contributed by atoms with Gasteiger partial charge in [0.25, 0.3) is 0 Å². The van der Waals surface area contributed by atoms with Crippen LogP contribution in [0.3, 0.4) is 0 Å². The summed E-state index contributed by atoms with van der Waals surface area (Å²) in [6, 6.07) is 0.206. The van der Waals surface area contributed by atoms with Gasteiger partial charge in [-0.2, -0.15) is 0 Å². The van der Waals surface area contributed by atoms with Crippen LogP contribution in [0.2, 0.25) is 0 Å². The van der Waals surface area contributed by atoms with Gasteiger partial charge in [-0.15, -0.1) is 0 Å². The maximum Gasteiger partial charge on any atom is 0.224 e. The fraction of sp³-hybridized carbons (Fsp3) is 0.867. The second-order valence-corrected chi connectivity index (χ2v) is 5.53. The number of nitrogens with zero attached hydrogens (tertiary/aromatic N) is 3. The third-order valence-corrected chi connectivity index (χ3v) is 4.27. The molecule has 1 saturated heterocycles. The fourth-order valence-corrected chi connectivity index (χ4v) is 2.60. The Hall–Kier alpha value is -1.10. The topological polar surface area (TPSA) is 43.9 Å². The number of carbonyl (C=O) groups excluding carboxylic acids is 2. The first-order valence-electron chi connectivity index (χ1n) is 7.76. The summed E-state index contributed by atoms with van der Waals surface area (Å²) in [7, 11) is 0. The predicted molar refractivity (Wildman–Crippen MR) is 80.5 cm³/mol. The molecule has 0 bridgehead atoms. The first-order chi connectivity index (χ1) is 9.49. The van der Waals surface area contributed by atoms with Gasteiger partial charge < -0.3 is 14.7 Å². The fourth-order valence-electron chi connectivity index (χ4n) is 2.60. The minimum absolute atomic E-state index is 0.0583. The second-order valence-electron chi connectivity index (χ2n) is 5.53. The van der Waals surface area contributed by atoms with E-state index in [1.54, 1.807) is 11.8 Å². The van der Waals surface area contributed by atoms with Gasteiger partial charge in [-0.05, 0) is 19.9 Å². The van der Waals surface area contributed by atoms with Gasteiger partial charge in [-0.3, -0.25) is 9.59 Å². The Bertz CT molecular complexity index is 325. The lowest BCUT2D eigenvalue weighted by molar-refractivity contribution is -0.135. The zero-order valence-electron chi connectivity index (χ0n) is 13.4. The Balaban J connectivity index is 2.40. The highest BCUT2D eigenvalue weighted by molar-refractivity contribution is 5.78. The van der Waals surface area contributed by atoms with E-state index in [9.17, 15) is 9.59 Å². The first kappa shape index (κ1) is 17.0. The normalized spacial score (nSPS) is 17.9. The van der Waals surface area contributed by atoms with Crippen LogP contribution in [0.15, 0.2) is 0 Å². The minimum atomic E-state index is 0.0583. The lowest BCUT2D eigenvalue weighted by Gasteiger charge is -2.35. The van der Waals surface area contributed by atoms with Crippen LogP contribution in [0.4, 0.5) is 0 Å². The van der Waals surface area contributed by atoms with Crippen LogP contribution in [0.5, 0.6) is 0 Å². The molecule has 1 unspecified atom stereocenters. The van der Waals surface area contributed by atoms with Gasteiger partial charge in [0.05, 0.1) is 0 Å². The van der Waals surface area contributed by atoms with Crippen molar-refractivity contribution in [3.63, 3.8) is 0 Å². The van der Waals surface area contributed by atoms with E-state index >= 15 is 0 Å². The maximum absolute atomic E-state index is 12.2. The Morgan fingerprint density at radius 1 is 1.15 bits per heavy atom. The molecule has 1 rings (SSSR count). The molecular weight excluding hydrogens is 254 g/mol. The average molecular weight is 283 g/mol. The van der Waals surface area contributed by atoms with Crippen LogP contribution in [0.1, 0.15) is 40.5 Å². The summed E-state index contributed by atoms with van der Waals surface area (Å²) in [5.41, 5.74) is 0. The van der Waals surface area contributed by atoms with Crippen molar-refractivity contribution in [1.82, 2.24) is 14.7 Å². The van der Waals surface area contributed by atoms with Gasteiger partial charge in [0.15, 0.2) is 0 Å². The summed E-state index contributed by atoms with van der Waals surface area (Å²) in [5, 5.41) is 0. The molecule has 5 nitrogen and oxygen atoms in total. The summed E-state index contributed by atoms with van der Waals surface area (Å²) in [6.07, 6.45) is 1.36. The highest BCUT2D eigenvalue weighted by Crippen LogP contribution is 2.08. The molecule has 20 heavy (non-hydrogen) atoms. The van der Waals surface area contributed by atoms with Crippen LogP contribution in [-0.4, -0.2) is 71.8 Å². The van der Waals surface area contributed by atoms with Crippen molar-refractivity contribution in [2.75, 3.05) is 39.3 Å². The van der Waals surface area contributed by atoms with E-state index in [1.165, 1.54) is 0 Å². The standard InChI is InChI=1S/C15H29N3O2/c1-5-13(3)18(14(4)19)8-7-15(20)17-11-9-16(6-2)10-12-17/h13H,5-12H2,1-4H3. The third-order valence-electron chi connectivity index (χ3n) is 4.27. The van der Waals surface area contributed by atoms with Gasteiger partial charge in [0.1, 0.15) is 0 Å². The molecule has 1 heterocycles. The largest absolute Gasteiger partial charge is 0.340 e. The van der Waals surface area contributed by atoms with Crippen molar-refractivity contribution >= 4 is 11.8 Å². The predicted octanol–water partition coefficient (Wildman–Crippen LogP) is 1.19. The maximum atomic E-state index is 12.2. The van der Waals surface area contributed by atoms with E-state index in [4.69, 9.17) is 0 Å². The van der Waals surface area contributed by atoms with Crippen molar-refractivity contribution in [2.45, 2.75) is 46.6 Å². The molecule has 2 amide bonds. The second kappa shape index (κ2) is 8.25. The zero-order chi connectivity index (χ0) is 15.1. The van der Waals surface area contributed by atoms with Gasteiger partial charge in [-0.1, -0.05) is 13.8 Å². The van der Waals surface area contributed by atoms with Crippen molar-refractivity contribution in [3.05, 3.63) is 0 Å². The van der Waals surface area contributed by atoms with Crippen molar-refractivity contribution in [3.8, 4) is 0 Å². The van der Waals surface area contributed by atoms with Crippen LogP contribution in [0, 0.1) is 0 Å². The van der Waals surface area contributed by atoms with Crippen LogP contribution in [0.25, 0.3) is 0 Å². The van der Waals surface area contributed by atoms with Crippen LogP contribution < -0.4 is 0 Å². The van der Waals surface area contributed by atoms with E-state index in [2.05, 4.69) is 18.7 Å². The molecule has 1 aliphatic rings. The number of rotatable bonds is 6. The van der Waals surface area contributed by atoms with E-state index in [1.807, 2.05) is 11.8 Å². The summed E-state index contributed by atoms with van der Waals surface area (Å²) in [5.74, 6) is 0.234. The van der Waals surface area contributed by atoms with Crippen molar-refractivity contribution in [2.24, 2.45) is 0 Å². The Morgan fingerprint density at radius 2 is 1.75 bits per heavy atom. The van der Waals surface area contributed by atoms with Gasteiger partial charge in [0.2, 0.25) is 11.8 Å². The molecule has 1 aliphatic heterocycles. The number of likely N-dealkylation sites (N-methyl/N-ethyl adjacent to an activating group) is 1. The smallest absolute Gasteiger partial charge is 0.224 e. The molecular formula is C15H29N3O2. The lowest BCUT2D eigenvalue weighted by Crippen LogP contribution is -2.49. The minimum Gasteiger partial charge on any atom is -0.340 e. The monoisotopic (exact) mass is 283 g/mol. The number of hydrogen-bond donors (Lipinski definition) is 0. The van der Waals surface area contributed by atoms with E-state index in [-0.39, 0.29) is 17.9 Å². The summed E-state index contributed by atoms with van der Waals surface area (Å²) in [6.45, 7) is 13.0. The first-order valence-corrected chi connectivity index (χ1v) is 7.76. The van der Waals surface area contributed by atoms with Crippen molar-refractivity contribution in [1.29, 1.82) is 0 Å². The molecule has 1 atom stereocenters. The van der Waals surface area contributed by atoms with Crippen molar-refractivity contribution < 1.29 is 9.59 Å². The molecule has 1 fully saturated rings. The van der Waals surface area contributed by atoms with E-state index in [0.717, 1.165) is 39.1 Å². The van der Waals surface area contributed by atoms with E-state index < -0.39 is 0 Å². The molecule has 5 heteroatoms. The third kappa shape index (κ3) is 4.78. The van der Waals surface area contributed by atoms with Gasteiger partial charge in [0, 0.05) is 52.1 Å². The quantitative estimate of drug-likeness (QED) is 0.735. The van der Waals surface area contributed by atoms with Gasteiger partial charge >= 0.3 is 0 Å². The van der Waals surface area contributed by atoms with E-state index in [0.29, 0.717) is 13.0 Å². The number of carbonyl (C=O) groups is 2. The molecule has 0 spiro atoms. The highest BCUT2D eigenvalue weighted by Gasteiger charge is 2.22. The zero-order valence-corrected chi connectivity index (χ0v) is 13.4. The molecule has 0 aromatic heterocycles. The molecule has 0 aromatic rings. The summed E-state index contributed by atoms with van der Waals surface area (Å²) in [4.78, 5) is 29.9. The molecule has 116 valence electrons. The summed E-state index contributed by atoms with van der Waals surface area (Å²) < 4.78 is 0. The number of piperazine rings is 1. The average Bonchev–Trinajstić information content (AvgIpc) is 2.46. The molecule has 0 N–H and O–H groups in total. The number of amides is 2. The Kier molecular flexibility index (Phi) is 6.99. The van der Waals surface area contributed by atoms with Crippen LogP contribution in [-0.2, 0) is 9.59 Å². The SMILES string of the molecule is CCC(C)N(CCC(=O)N1CCN(CC)CC1)C(C)=O. The van der Waals surface area contributed by atoms with Crippen LogP contribution >= 0.6 is 0 Å². The van der Waals surface area contributed by atoms with Gasteiger partial charge in [-0.25, -0.2) is 0 Å². The summed E-state index contributed by atoms with van der Waals surface area (Å²) >= 11 is 0. The highest BCUT2D eigenvalue weighted by atomic mass is 16.2. The lowest BCUT2D eigenvalue weighted by atomic mass is 10.2. The molecule has 0 aromatic carbocycles. The molecule has 0 aliphatic carbocycles. The Labute approximate surface area is 122 Å². The Morgan fingerprint density at radius 3 is 2.20 bits per heavy atom. The molecule has 0 saturated carbocycles. The molecule has 0 radical (unpaired) electrons. The number of hydrogen-bond acceptors (Lipinski definition) is 3.